The van der Waals surface area contributed by atoms with Gasteiger partial charge in [0.25, 0.3) is 5.56 Å². The molecule has 0 saturated heterocycles. The van der Waals surface area contributed by atoms with Crippen LogP contribution in [0.3, 0.4) is 0 Å². The quantitative estimate of drug-likeness (QED) is 0.523. The highest BCUT2D eigenvalue weighted by Gasteiger charge is 2.12. The second kappa shape index (κ2) is 6.96. The molecule has 4 rings (SSSR count). The van der Waals surface area contributed by atoms with Crippen molar-refractivity contribution in [2.45, 2.75) is 13.8 Å². The molecule has 0 aliphatic heterocycles. The topological polar surface area (TPSA) is 60.1 Å². The number of aromatic nitrogens is 3. The zero-order valence-corrected chi connectivity index (χ0v) is 15.1. The van der Waals surface area contributed by atoms with E-state index in [-0.39, 0.29) is 5.56 Å². The first-order valence-electron chi connectivity index (χ1n) is 8.67. The fourth-order valence-corrected chi connectivity index (χ4v) is 2.89. The number of nitrogens with zero attached hydrogens (tertiary/aromatic N) is 4. The maximum absolute atomic E-state index is 13.1. The Morgan fingerprint density at radius 1 is 0.963 bits per heavy atom. The van der Waals surface area contributed by atoms with Gasteiger partial charge in [0.15, 0.2) is 5.82 Å². The fraction of sp³-hybridized carbons (Fsp3) is 0.0909. The van der Waals surface area contributed by atoms with Gasteiger partial charge >= 0.3 is 0 Å². The first-order chi connectivity index (χ1) is 13.1. The number of rotatable bonds is 3. The highest BCUT2D eigenvalue weighted by atomic mass is 16.1. The molecular weight excluding hydrogens is 336 g/mol. The van der Waals surface area contributed by atoms with E-state index in [2.05, 4.69) is 28.9 Å². The largest absolute Gasteiger partial charge is 0.282 e. The van der Waals surface area contributed by atoms with E-state index in [1.807, 2.05) is 48.5 Å². The van der Waals surface area contributed by atoms with E-state index in [9.17, 15) is 4.79 Å². The first kappa shape index (κ1) is 16.8. The normalized spacial score (nSPS) is 11.3. The maximum Gasteiger partial charge on any atom is 0.282 e. The molecule has 0 fully saturated rings. The summed E-state index contributed by atoms with van der Waals surface area (Å²) < 4.78 is 1.35. The van der Waals surface area contributed by atoms with Gasteiger partial charge in [0.2, 0.25) is 0 Å². The van der Waals surface area contributed by atoms with Crippen molar-refractivity contribution < 1.29 is 0 Å². The number of hydrogen-bond donors (Lipinski definition) is 0. The minimum atomic E-state index is -0.201. The van der Waals surface area contributed by atoms with Gasteiger partial charge in [-0.2, -0.15) is 9.78 Å². The third-order valence-electron chi connectivity index (χ3n) is 4.55. The predicted molar refractivity (Wildman–Crippen MR) is 108 cm³/mol. The van der Waals surface area contributed by atoms with Crippen LogP contribution in [0.25, 0.3) is 22.3 Å². The van der Waals surface area contributed by atoms with Crippen molar-refractivity contribution in [2.24, 2.45) is 5.10 Å². The average molecular weight is 354 g/mol. The van der Waals surface area contributed by atoms with Crippen LogP contribution in [0.5, 0.6) is 0 Å². The highest BCUT2D eigenvalue weighted by molar-refractivity contribution is 5.82. The summed E-state index contributed by atoms with van der Waals surface area (Å²) in [5.74, 6) is 0.487. The third kappa shape index (κ3) is 3.27. The Morgan fingerprint density at radius 3 is 2.52 bits per heavy atom. The molecule has 2 aromatic heterocycles. The molecule has 0 saturated carbocycles. The maximum atomic E-state index is 13.1. The van der Waals surface area contributed by atoms with Gasteiger partial charge in [0.05, 0.1) is 17.1 Å². The second-order valence-corrected chi connectivity index (χ2v) is 6.39. The number of fused-ring (bicyclic) bond motifs is 1. The molecule has 0 aliphatic rings. The van der Waals surface area contributed by atoms with E-state index >= 15 is 0 Å². The van der Waals surface area contributed by atoms with Crippen molar-refractivity contribution in [3.05, 3.63) is 94.0 Å². The van der Waals surface area contributed by atoms with Crippen LogP contribution >= 0.6 is 0 Å². The van der Waals surface area contributed by atoms with E-state index in [1.54, 1.807) is 24.7 Å². The summed E-state index contributed by atoms with van der Waals surface area (Å²) in [5, 5.41) is 5.00. The van der Waals surface area contributed by atoms with Crippen molar-refractivity contribution in [1.82, 2.24) is 14.6 Å². The Kier molecular flexibility index (Phi) is 4.34. The predicted octanol–water partition coefficient (Wildman–Crippen LogP) is 3.96. The molecule has 0 N–H and O–H groups in total. The Hall–Kier alpha value is -3.60. The van der Waals surface area contributed by atoms with Crippen molar-refractivity contribution in [1.29, 1.82) is 0 Å². The lowest BCUT2D eigenvalue weighted by Crippen LogP contribution is -2.20. The van der Waals surface area contributed by atoms with Gasteiger partial charge in [0.1, 0.15) is 0 Å². The summed E-state index contributed by atoms with van der Waals surface area (Å²) in [5.41, 5.74) is 4.55. The molecule has 132 valence electrons. The van der Waals surface area contributed by atoms with Gasteiger partial charge in [-0.3, -0.25) is 9.78 Å². The van der Waals surface area contributed by atoms with Crippen LogP contribution < -0.4 is 5.56 Å². The summed E-state index contributed by atoms with van der Waals surface area (Å²) in [6, 6.07) is 17.0. The molecule has 0 atom stereocenters. The van der Waals surface area contributed by atoms with Crippen LogP contribution in [0.4, 0.5) is 0 Å². The summed E-state index contributed by atoms with van der Waals surface area (Å²) in [6.45, 7) is 4.12. The van der Waals surface area contributed by atoms with Crippen LogP contribution in [0, 0.1) is 13.8 Å². The van der Waals surface area contributed by atoms with Crippen molar-refractivity contribution >= 4 is 17.1 Å². The minimum Gasteiger partial charge on any atom is -0.267 e. The Bertz CT molecular complexity index is 1210. The molecule has 4 aromatic rings. The number of hydrogen-bond acceptors (Lipinski definition) is 4. The zero-order valence-electron chi connectivity index (χ0n) is 15.1. The molecule has 0 spiro atoms. The molecule has 0 unspecified atom stereocenters. The van der Waals surface area contributed by atoms with Crippen molar-refractivity contribution in [2.75, 3.05) is 0 Å². The van der Waals surface area contributed by atoms with Crippen LogP contribution in [-0.2, 0) is 0 Å². The van der Waals surface area contributed by atoms with Crippen molar-refractivity contribution in [3.63, 3.8) is 0 Å². The molecule has 0 aliphatic carbocycles. The SMILES string of the molecule is Cc1ccc(C=Nn2c(-c3ccncc3)nc3ccccc3c2=O)cc1C. The highest BCUT2D eigenvalue weighted by Crippen LogP contribution is 2.18. The zero-order chi connectivity index (χ0) is 18.8. The Morgan fingerprint density at radius 2 is 1.74 bits per heavy atom. The molecule has 5 heteroatoms. The number of aryl methyl sites for hydroxylation is 2. The molecule has 2 aromatic carbocycles. The first-order valence-corrected chi connectivity index (χ1v) is 8.67. The molecule has 0 radical (unpaired) electrons. The van der Waals surface area contributed by atoms with Gasteiger partial charge in [-0.25, -0.2) is 4.98 Å². The van der Waals surface area contributed by atoms with E-state index in [4.69, 9.17) is 0 Å². The summed E-state index contributed by atoms with van der Waals surface area (Å²) in [4.78, 5) is 21.8. The molecule has 2 heterocycles. The summed E-state index contributed by atoms with van der Waals surface area (Å²) in [7, 11) is 0. The van der Waals surface area contributed by atoms with Gasteiger partial charge in [-0.15, -0.1) is 0 Å². The van der Waals surface area contributed by atoms with E-state index < -0.39 is 0 Å². The van der Waals surface area contributed by atoms with Crippen LogP contribution in [0.2, 0.25) is 0 Å². The lowest BCUT2D eigenvalue weighted by atomic mass is 10.1. The lowest BCUT2D eigenvalue weighted by Gasteiger charge is -2.09. The third-order valence-corrected chi connectivity index (χ3v) is 4.55. The molecule has 27 heavy (non-hydrogen) atoms. The van der Waals surface area contributed by atoms with E-state index in [1.165, 1.54) is 15.8 Å². The summed E-state index contributed by atoms with van der Waals surface area (Å²) >= 11 is 0. The van der Waals surface area contributed by atoms with Crippen LogP contribution in [-0.4, -0.2) is 20.9 Å². The summed E-state index contributed by atoms with van der Waals surface area (Å²) in [6.07, 6.45) is 5.04. The Labute approximate surface area is 156 Å². The van der Waals surface area contributed by atoms with Gasteiger partial charge < -0.3 is 0 Å². The van der Waals surface area contributed by atoms with Gasteiger partial charge in [-0.1, -0.05) is 30.3 Å². The average Bonchev–Trinajstić information content (AvgIpc) is 2.70. The van der Waals surface area contributed by atoms with Crippen LogP contribution in [0.1, 0.15) is 16.7 Å². The monoisotopic (exact) mass is 354 g/mol. The molecular formula is C22H18N4O. The van der Waals surface area contributed by atoms with Crippen LogP contribution in [0.15, 0.2) is 76.9 Å². The number of pyridine rings is 1. The Balaban J connectivity index is 1.92. The number of para-hydroxylation sites is 1. The number of benzene rings is 2. The smallest absolute Gasteiger partial charge is 0.267 e. The second-order valence-electron chi connectivity index (χ2n) is 6.39. The lowest BCUT2D eigenvalue weighted by molar-refractivity contribution is 0.829. The standard InChI is InChI=1S/C22H18N4O/c1-15-7-8-17(13-16(15)2)14-24-26-21(18-9-11-23-12-10-18)25-20-6-4-3-5-19(20)22(26)27/h3-14H,1-2H3. The molecule has 0 bridgehead atoms. The van der Waals surface area contributed by atoms with Gasteiger partial charge in [0, 0.05) is 18.0 Å². The molecule has 0 amide bonds. The van der Waals surface area contributed by atoms with Gasteiger partial charge in [-0.05, 0) is 54.8 Å². The van der Waals surface area contributed by atoms with Crippen molar-refractivity contribution in [3.8, 4) is 11.4 Å². The molecule has 5 nitrogen and oxygen atoms in total. The fourth-order valence-electron chi connectivity index (χ4n) is 2.89. The van der Waals surface area contributed by atoms with E-state index in [0.29, 0.717) is 16.7 Å². The van der Waals surface area contributed by atoms with E-state index in [0.717, 1.165) is 11.1 Å². The minimum absolute atomic E-state index is 0.201.